The first-order valence-corrected chi connectivity index (χ1v) is 11.8. The smallest absolute Gasteiger partial charge is 0.209 e. The summed E-state index contributed by atoms with van der Waals surface area (Å²) in [5, 5.41) is 3.62. The van der Waals surface area contributed by atoms with E-state index in [1.165, 1.54) is 25.0 Å². The molecule has 5 nitrogen and oxygen atoms in total. The van der Waals surface area contributed by atoms with Gasteiger partial charge < -0.3 is 10.1 Å². The molecule has 7 heteroatoms. The van der Waals surface area contributed by atoms with Gasteiger partial charge in [-0.15, -0.1) is 0 Å². The minimum absolute atomic E-state index is 0.290. The lowest BCUT2D eigenvalue weighted by Gasteiger charge is -2.14. The highest BCUT2D eigenvalue weighted by molar-refractivity contribution is 7.88. The number of hydrogen-bond acceptors (Lipinski definition) is 4. The zero-order valence-electron chi connectivity index (χ0n) is 16.9. The summed E-state index contributed by atoms with van der Waals surface area (Å²) in [5.74, 6) is 0.481. The highest BCUT2D eigenvalue weighted by Gasteiger charge is 2.25. The van der Waals surface area contributed by atoms with Crippen LogP contribution in [0.15, 0.2) is 42.5 Å². The van der Waals surface area contributed by atoms with E-state index in [0.717, 1.165) is 43.4 Å². The van der Waals surface area contributed by atoms with Gasteiger partial charge in [-0.1, -0.05) is 30.3 Å². The summed E-state index contributed by atoms with van der Waals surface area (Å²) in [6.07, 6.45) is 5.37. The molecule has 0 bridgehead atoms. The lowest BCUT2D eigenvalue weighted by Crippen LogP contribution is -2.28. The maximum atomic E-state index is 13.5. The minimum atomic E-state index is -3.17. The van der Waals surface area contributed by atoms with Crippen LogP contribution in [0.2, 0.25) is 0 Å². The average molecular weight is 421 g/mol. The zero-order valence-corrected chi connectivity index (χ0v) is 17.8. The van der Waals surface area contributed by atoms with Gasteiger partial charge in [-0.05, 0) is 67.0 Å². The molecule has 2 atom stereocenters. The van der Waals surface area contributed by atoms with Crippen LogP contribution in [0.5, 0.6) is 5.75 Å². The maximum absolute atomic E-state index is 13.5. The molecular weight excluding hydrogens is 391 g/mol. The van der Waals surface area contributed by atoms with Gasteiger partial charge in [-0.3, -0.25) is 0 Å². The Balaban J connectivity index is 1.45. The second kappa shape index (κ2) is 9.69. The van der Waals surface area contributed by atoms with Crippen molar-refractivity contribution in [3.63, 3.8) is 0 Å². The van der Waals surface area contributed by atoms with Crippen molar-refractivity contribution in [3.05, 3.63) is 65.0 Å². The Morgan fingerprint density at radius 2 is 1.83 bits per heavy atom. The van der Waals surface area contributed by atoms with E-state index < -0.39 is 10.0 Å². The molecule has 0 saturated heterocycles. The Kier molecular flexibility index (Phi) is 7.27. The largest absolute Gasteiger partial charge is 0.494 e. The lowest BCUT2D eigenvalue weighted by atomic mass is 9.96. The van der Waals surface area contributed by atoms with Crippen LogP contribution in [-0.2, 0) is 23.0 Å². The normalized spacial score (nSPS) is 19.4. The van der Waals surface area contributed by atoms with Gasteiger partial charge in [0.25, 0.3) is 0 Å². The van der Waals surface area contributed by atoms with E-state index >= 15 is 0 Å². The number of halogens is 1. The summed E-state index contributed by atoms with van der Waals surface area (Å²) in [6, 6.07) is 13.7. The third-order valence-electron chi connectivity index (χ3n) is 5.48. The van der Waals surface area contributed by atoms with Crippen molar-refractivity contribution in [3.8, 4) is 5.75 Å². The van der Waals surface area contributed by atoms with Crippen molar-refractivity contribution < 1.29 is 17.5 Å². The molecule has 0 aromatic heterocycles. The first-order valence-electron chi connectivity index (χ1n) is 9.93. The molecule has 2 unspecified atom stereocenters. The fourth-order valence-electron chi connectivity index (χ4n) is 3.87. The van der Waals surface area contributed by atoms with Gasteiger partial charge in [0.05, 0.1) is 13.4 Å². The predicted octanol–water partition coefficient (Wildman–Crippen LogP) is 3.35. The second-order valence-electron chi connectivity index (χ2n) is 7.71. The monoisotopic (exact) mass is 420 g/mol. The van der Waals surface area contributed by atoms with E-state index in [1.54, 1.807) is 12.1 Å². The van der Waals surface area contributed by atoms with E-state index in [-0.39, 0.29) is 5.82 Å². The minimum Gasteiger partial charge on any atom is -0.494 e. The predicted molar refractivity (Wildman–Crippen MR) is 113 cm³/mol. The van der Waals surface area contributed by atoms with Crippen molar-refractivity contribution in [1.82, 2.24) is 10.0 Å². The number of nitrogens with one attached hydrogen (secondary N) is 2. The Morgan fingerprint density at radius 3 is 2.52 bits per heavy atom. The number of hydrogen-bond donors (Lipinski definition) is 2. The van der Waals surface area contributed by atoms with Gasteiger partial charge >= 0.3 is 0 Å². The SMILES string of the molecule is COc1cc(CCNC2CCC(c3ccc(CNS(C)(=O)=O)cc3)C2)ccc1F. The van der Waals surface area contributed by atoms with Crippen LogP contribution in [0.25, 0.3) is 0 Å². The molecule has 0 aliphatic heterocycles. The van der Waals surface area contributed by atoms with Gasteiger partial charge in [0.15, 0.2) is 11.6 Å². The molecule has 1 aliphatic rings. The molecular formula is C22H29FN2O3S. The fourth-order valence-corrected chi connectivity index (χ4v) is 4.30. The molecule has 2 aromatic carbocycles. The van der Waals surface area contributed by atoms with E-state index in [0.29, 0.717) is 24.3 Å². The third kappa shape index (κ3) is 6.52. The summed E-state index contributed by atoms with van der Waals surface area (Å²) in [5.41, 5.74) is 3.32. The van der Waals surface area contributed by atoms with Crippen molar-refractivity contribution >= 4 is 10.0 Å². The van der Waals surface area contributed by atoms with Crippen LogP contribution in [0.4, 0.5) is 4.39 Å². The quantitative estimate of drug-likeness (QED) is 0.653. The fraction of sp³-hybridized carbons (Fsp3) is 0.455. The van der Waals surface area contributed by atoms with Gasteiger partial charge in [0.2, 0.25) is 10.0 Å². The van der Waals surface area contributed by atoms with E-state index in [9.17, 15) is 12.8 Å². The van der Waals surface area contributed by atoms with Gasteiger partial charge in [-0.2, -0.15) is 0 Å². The summed E-state index contributed by atoms with van der Waals surface area (Å²) in [6.45, 7) is 1.17. The molecule has 3 rings (SSSR count). The van der Waals surface area contributed by atoms with Gasteiger partial charge in [0.1, 0.15) is 0 Å². The molecule has 0 spiro atoms. The van der Waals surface area contributed by atoms with Crippen molar-refractivity contribution in [2.45, 2.75) is 44.2 Å². The number of ether oxygens (including phenoxy) is 1. The molecule has 158 valence electrons. The highest BCUT2D eigenvalue weighted by atomic mass is 32.2. The van der Waals surface area contributed by atoms with Crippen LogP contribution < -0.4 is 14.8 Å². The molecule has 1 aliphatic carbocycles. The van der Waals surface area contributed by atoms with Crippen molar-refractivity contribution in [2.24, 2.45) is 0 Å². The summed E-state index contributed by atoms with van der Waals surface area (Å²) < 4.78 is 43.4. The highest BCUT2D eigenvalue weighted by Crippen LogP contribution is 2.34. The van der Waals surface area contributed by atoms with Crippen molar-refractivity contribution in [2.75, 3.05) is 19.9 Å². The maximum Gasteiger partial charge on any atom is 0.209 e. The Labute approximate surface area is 172 Å². The summed E-state index contributed by atoms with van der Waals surface area (Å²) >= 11 is 0. The standard InChI is InChI=1S/C22H29FN2O3S/c1-28-22-13-16(5-10-21(22)23)11-12-24-20-9-8-19(14-20)18-6-3-17(4-7-18)15-25-29(2,26)27/h3-7,10,13,19-20,24-25H,8-9,11-12,14-15H2,1-2H3. The molecule has 1 fully saturated rings. The molecule has 1 saturated carbocycles. The molecule has 0 amide bonds. The Bertz CT molecular complexity index is 916. The zero-order chi connectivity index (χ0) is 20.9. The first kappa shape index (κ1) is 21.7. The Morgan fingerprint density at radius 1 is 1.10 bits per heavy atom. The number of methoxy groups -OCH3 is 1. The van der Waals surface area contributed by atoms with Crippen LogP contribution in [0.3, 0.4) is 0 Å². The number of sulfonamides is 1. The van der Waals surface area contributed by atoms with E-state index in [1.807, 2.05) is 12.1 Å². The molecule has 0 heterocycles. The van der Waals surface area contributed by atoms with E-state index in [4.69, 9.17) is 4.74 Å². The Hall–Kier alpha value is -1.96. The summed E-state index contributed by atoms with van der Waals surface area (Å²) in [7, 11) is -1.69. The van der Waals surface area contributed by atoms with Crippen LogP contribution in [0, 0.1) is 5.82 Å². The first-order chi connectivity index (χ1) is 13.8. The van der Waals surface area contributed by atoms with Crippen molar-refractivity contribution in [1.29, 1.82) is 0 Å². The topological polar surface area (TPSA) is 67.4 Å². The molecule has 29 heavy (non-hydrogen) atoms. The van der Waals surface area contributed by atoms with Crippen LogP contribution in [-0.4, -0.2) is 34.4 Å². The molecule has 2 aromatic rings. The molecule has 0 radical (unpaired) electrons. The third-order valence-corrected chi connectivity index (χ3v) is 6.15. The van der Waals surface area contributed by atoms with Crippen LogP contribution >= 0.6 is 0 Å². The average Bonchev–Trinajstić information content (AvgIpc) is 3.16. The molecule has 2 N–H and O–H groups in total. The second-order valence-corrected chi connectivity index (χ2v) is 9.55. The van der Waals surface area contributed by atoms with Gasteiger partial charge in [0, 0.05) is 12.6 Å². The van der Waals surface area contributed by atoms with Gasteiger partial charge in [-0.25, -0.2) is 17.5 Å². The number of benzene rings is 2. The number of rotatable bonds is 9. The van der Waals surface area contributed by atoms with Crippen LogP contribution in [0.1, 0.15) is 41.9 Å². The van der Waals surface area contributed by atoms with E-state index in [2.05, 4.69) is 22.2 Å². The lowest BCUT2D eigenvalue weighted by molar-refractivity contribution is 0.386. The summed E-state index contributed by atoms with van der Waals surface area (Å²) in [4.78, 5) is 0.